The molecule has 0 aromatic heterocycles. The largest absolute Gasteiger partial charge is 0.492 e. The lowest BCUT2D eigenvalue weighted by atomic mass is 10.1. The molecule has 0 amide bonds. The van der Waals surface area contributed by atoms with E-state index in [0.29, 0.717) is 24.9 Å². The molecule has 0 bridgehead atoms. The summed E-state index contributed by atoms with van der Waals surface area (Å²) >= 11 is 0. The van der Waals surface area contributed by atoms with Crippen molar-refractivity contribution in [1.29, 1.82) is 0 Å². The first-order valence-electron chi connectivity index (χ1n) is 7.03. The van der Waals surface area contributed by atoms with E-state index < -0.39 is 9.84 Å². The van der Waals surface area contributed by atoms with Gasteiger partial charge in [-0.25, -0.2) is 8.42 Å². The monoisotopic (exact) mass is 327 g/mol. The number of ether oxygens (including phenoxy) is 1. The molecule has 0 aliphatic rings. The first kappa shape index (κ1) is 18.3. The summed E-state index contributed by atoms with van der Waals surface area (Å²) in [7, 11) is -1.45. The zero-order valence-electron chi connectivity index (χ0n) is 13.8. The highest BCUT2D eigenvalue weighted by atomic mass is 32.2. The molecule has 0 saturated carbocycles. The lowest BCUT2D eigenvalue weighted by molar-refractivity contribution is 0.321. The van der Waals surface area contributed by atoms with Crippen LogP contribution in [0, 0.1) is 0 Å². The lowest BCUT2D eigenvalue weighted by Gasteiger charge is -2.23. The maximum absolute atomic E-state index is 11.4. The van der Waals surface area contributed by atoms with Gasteiger partial charge in [0.05, 0.1) is 11.4 Å². The van der Waals surface area contributed by atoms with E-state index in [2.05, 4.69) is 36.4 Å². The minimum Gasteiger partial charge on any atom is -0.492 e. The Morgan fingerprint density at radius 3 is 2.27 bits per heavy atom. The molecule has 0 atom stereocenters. The van der Waals surface area contributed by atoms with Gasteiger partial charge in [-0.15, -0.1) is 0 Å². The van der Waals surface area contributed by atoms with Crippen molar-refractivity contribution in [3.8, 4) is 5.75 Å². The van der Waals surface area contributed by atoms with Crippen LogP contribution in [0.25, 0.3) is 0 Å². The third-order valence-corrected chi connectivity index (χ3v) is 3.76. The number of benzene rings is 1. The van der Waals surface area contributed by atoms with Gasteiger partial charge in [0.1, 0.15) is 12.4 Å². The summed E-state index contributed by atoms with van der Waals surface area (Å²) in [4.78, 5) is 4.41. The van der Waals surface area contributed by atoms with Crippen molar-refractivity contribution in [3.63, 3.8) is 0 Å². The molecular weight excluding hydrogens is 302 g/mol. The minimum atomic E-state index is -3.17. The summed E-state index contributed by atoms with van der Waals surface area (Å²) in [6, 6.07) is 6.38. The number of hydrogen-bond acceptors (Lipinski definition) is 4. The Bertz CT molecular complexity index is 602. The second-order valence-corrected chi connectivity index (χ2v) is 7.98. The minimum absolute atomic E-state index is 0.0653. The van der Waals surface area contributed by atoms with Crippen molar-refractivity contribution in [2.75, 3.05) is 26.5 Å². The van der Waals surface area contributed by atoms with Gasteiger partial charge in [0, 0.05) is 18.8 Å². The molecule has 0 fully saturated rings. The summed E-state index contributed by atoms with van der Waals surface area (Å²) in [6.07, 6.45) is 1.18. The molecule has 124 valence electrons. The number of hydrogen-bond donors (Lipinski definition) is 2. The predicted molar refractivity (Wildman–Crippen MR) is 89.3 cm³/mol. The fraction of sp³-hybridized carbons (Fsp3) is 0.533. The zero-order valence-corrected chi connectivity index (χ0v) is 14.6. The molecule has 0 aliphatic heterocycles. The van der Waals surface area contributed by atoms with Gasteiger partial charge in [-0.1, -0.05) is 0 Å². The van der Waals surface area contributed by atoms with Gasteiger partial charge in [-0.3, -0.25) is 4.99 Å². The Labute approximate surface area is 132 Å². The average Bonchev–Trinajstić information content (AvgIpc) is 2.40. The van der Waals surface area contributed by atoms with E-state index in [1.807, 2.05) is 0 Å². The summed E-state index contributed by atoms with van der Waals surface area (Å²) in [5.74, 6) is 1.34. The Balaban J connectivity index is 2.42. The number of rotatable bonds is 5. The van der Waals surface area contributed by atoms with Crippen molar-refractivity contribution in [3.05, 3.63) is 24.3 Å². The van der Waals surface area contributed by atoms with Crippen molar-refractivity contribution in [1.82, 2.24) is 10.6 Å². The number of sulfone groups is 1. The maximum atomic E-state index is 11.4. The van der Waals surface area contributed by atoms with Crippen LogP contribution in [0.3, 0.4) is 0 Å². The highest BCUT2D eigenvalue weighted by Crippen LogP contribution is 2.15. The van der Waals surface area contributed by atoms with E-state index in [1.165, 1.54) is 18.4 Å². The van der Waals surface area contributed by atoms with E-state index in [0.717, 1.165) is 0 Å². The Kier molecular flexibility index (Phi) is 6.22. The van der Waals surface area contributed by atoms with Gasteiger partial charge in [0.25, 0.3) is 0 Å². The first-order chi connectivity index (χ1) is 10.1. The van der Waals surface area contributed by atoms with Crippen LogP contribution in [0.15, 0.2) is 34.2 Å². The van der Waals surface area contributed by atoms with E-state index in [1.54, 1.807) is 19.2 Å². The Morgan fingerprint density at radius 2 is 1.82 bits per heavy atom. The molecule has 1 aromatic rings. The zero-order chi connectivity index (χ0) is 16.8. The number of guanidine groups is 1. The van der Waals surface area contributed by atoms with Gasteiger partial charge in [-0.2, -0.15) is 0 Å². The molecule has 1 rings (SSSR count). The quantitative estimate of drug-likeness (QED) is 0.486. The maximum Gasteiger partial charge on any atom is 0.191 e. The van der Waals surface area contributed by atoms with Crippen LogP contribution >= 0.6 is 0 Å². The third-order valence-electron chi connectivity index (χ3n) is 2.63. The van der Waals surface area contributed by atoms with Crippen molar-refractivity contribution in [2.24, 2.45) is 4.99 Å². The Morgan fingerprint density at radius 1 is 1.23 bits per heavy atom. The standard InChI is InChI=1S/C15H25N3O3S/c1-15(2,3)18-14(16-4)17-10-11-21-12-6-8-13(9-7-12)22(5,19)20/h6-9H,10-11H2,1-5H3,(H2,16,17,18). The number of aliphatic imine (C=N–C) groups is 1. The molecule has 22 heavy (non-hydrogen) atoms. The third kappa shape index (κ3) is 6.80. The first-order valence-corrected chi connectivity index (χ1v) is 8.93. The van der Waals surface area contributed by atoms with Crippen LogP contribution in [0.5, 0.6) is 5.75 Å². The summed E-state index contributed by atoms with van der Waals surface area (Å²) < 4.78 is 28.3. The Hall–Kier alpha value is -1.76. The fourth-order valence-electron chi connectivity index (χ4n) is 1.66. The van der Waals surface area contributed by atoms with Crippen LogP contribution in [0.2, 0.25) is 0 Å². The van der Waals surface area contributed by atoms with Crippen molar-refractivity contribution >= 4 is 15.8 Å². The molecule has 0 aliphatic carbocycles. The van der Waals surface area contributed by atoms with Crippen LogP contribution in [0.1, 0.15) is 20.8 Å². The normalized spacial score (nSPS) is 12.9. The van der Waals surface area contributed by atoms with Crippen molar-refractivity contribution < 1.29 is 13.2 Å². The summed E-state index contributed by atoms with van der Waals surface area (Å²) in [6.45, 7) is 7.20. The molecule has 2 N–H and O–H groups in total. The van der Waals surface area contributed by atoms with Gasteiger partial charge >= 0.3 is 0 Å². The van der Waals surface area contributed by atoms with Gasteiger partial charge in [-0.05, 0) is 45.0 Å². The predicted octanol–water partition coefficient (Wildman–Crippen LogP) is 1.43. The smallest absolute Gasteiger partial charge is 0.191 e. The van der Waals surface area contributed by atoms with Gasteiger partial charge in [0.2, 0.25) is 0 Å². The van der Waals surface area contributed by atoms with E-state index in [9.17, 15) is 8.42 Å². The number of nitrogens with zero attached hydrogens (tertiary/aromatic N) is 1. The molecule has 7 heteroatoms. The van der Waals surface area contributed by atoms with Crippen LogP contribution in [0.4, 0.5) is 0 Å². The van der Waals surface area contributed by atoms with Crippen LogP contribution in [-0.4, -0.2) is 46.4 Å². The van der Waals surface area contributed by atoms with Crippen molar-refractivity contribution in [2.45, 2.75) is 31.2 Å². The van der Waals surface area contributed by atoms with Crippen LogP contribution in [-0.2, 0) is 9.84 Å². The second-order valence-electron chi connectivity index (χ2n) is 5.97. The van der Waals surface area contributed by atoms with Gasteiger partial charge in [0.15, 0.2) is 15.8 Å². The number of nitrogens with one attached hydrogen (secondary N) is 2. The molecule has 0 saturated heterocycles. The molecule has 0 spiro atoms. The van der Waals surface area contributed by atoms with E-state index in [-0.39, 0.29) is 10.4 Å². The second kappa shape index (κ2) is 7.49. The summed E-state index contributed by atoms with van der Waals surface area (Å²) in [5, 5.41) is 6.40. The van der Waals surface area contributed by atoms with Crippen LogP contribution < -0.4 is 15.4 Å². The lowest BCUT2D eigenvalue weighted by Crippen LogP contribution is -2.48. The van der Waals surface area contributed by atoms with Gasteiger partial charge < -0.3 is 15.4 Å². The summed E-state index contributed by atoms with van der Waals surface area (Å²) in [5.41, 5.74) is -0.0653. The van der Waals surface area contributed by atoms with E-state index >= 15 is 0 Å². The molecule has 0 unspecified atom stereocenters. The van der Waals surface area contributed by atoms with E-state index in [4.69, 9.17) is 4.74 Å². The molecule has 0 heterocycles. The molecule has 1 aromatic carbocycles. The molecule has 0 radical (unpaired) electrons. The molecule has 6 nitrogen and oxygen atoms in total. The SMILES string of the molecule is CN=C(NCCOc1ccc(S(C)(=O)=O)cc1)NC(C)(C)C. The topological polar surface area (TPSA) is 79.8 Å². The highest BCUT2D eigenvalue weighted by molar-refractivity contribution is 7.90. The average molecular weight is 327 g/mol. The molecular formula is C15H25N3O3S. The fourth-order valence-corrected chi connectivity index (χ4v) is 2.29. The highest BCUT2D eigenvalue weighted by Gasteiger charge is 2.11.